The average Bonchev–Trinajstić information content (AvgIpc) is 2.35. The van der Waals surface area contributed by atoms with E-state index in [0.717, 1.165) is 16.7 Å². The molecule has 3 nitrogen and oxygen atoms in total. The number of aryl methyl sites for hydroxylation is 2. The third-order valence-electron chi connectivity index (χ3n) is 3.41. The van der Waals surface area contributed by atoms with Crippen LogP contribution in [0, 0.1) is 13.8 Å². The summed E-state index contributed by atoms with van der Waals surface area (Å²) in [6, 6.07) is 8.56. The van der Waals surface area contributed by atoms with Gasteiger partial charge in [-0.05, 0) is 63.4 Å². The van der Waals surface area contributed by atoms with Crippen LogP contribution in [0.4, 0.5) is 0 Å². The fourth-order valence-electron chi connectivity index (χ4n) is 2.32. The molecular weight excluding hydrogens is 276 g/mol. The van der Waals surface area contributed by atoms with E-state index >= 15 is 0 Å². The van der Waals surface area contributed by atoms with E-state index in [1.54, 1.807) is 18.2 Å². The Hall–Kier alpha value is -2.42. The Balaban J connectivity index is 2.28. The molecule has 0 aliphatic carbocycles. The number of ether oxygens (including phenoxy) is 1. The second-order valence-electron chi connectivity index (χ2n) is 5.83. The fraction of sp³-hybridized carbons (Fsp3) is 0.263. The molecule has 0 heterocycles. The summed E-state index contributed by atoms with van der Waals surface area (Å²) < 4.78 is 5.75. The number of phenols is 2. The molecule has 3 heteroatoms. The Morgan fingerprint density at radius 2 is 1.68 bits per heavy atom. The van der Waals surface area contributed by atoms with E-state index in [9.17, 15) is 10.2 Å². The van der Waals surface area contributed by atoms with Gasteiger partial charge in [0.2, 0.25) is 0 Å². The SMILES string of the molecule is CC(C)=CCc1c(C)cc(Oc2cc(C)cc(O)c2)cc1O. The quantitative estimate of drug-likeness (QED) is 0.780. The summed E-state index contributed by atoms with van der Waals surface area (Å²) in [5.41, 5.74) is 4.01. The molecule has 0 unspecified atom stereocenters. The summed E-state index contributed by atoms with van der Waals surface area (Å²) in [7, 11) is 0. The highest BCUT2D eigenvalue weighted by Crippen LogP contribution is 2.32. The molecule has 0 atom stereocenters. The molecule has 22 heavy (non-hydrogen) atoms. The van der Waals surface area contributed by atoms with Gasteiger partial charge < -0.3 is 14.9 Å². The van der Waals surface area contributed by atoms with Crippen molar-refractivity contribution in [2.75, 3.05) is 0 Å². The Kier molecular flexibility index (Phi) is 4.76. The van der Waals surface area contributed by atoms with Crippen molar-refractivity contribution in [3.8, 4) is 23.0 Å². The number of benzene rings is 2. The van der Waals surface area contributed by atoms with E-state index in [1.165, 1.54) is 5.57 Å². The first-order chi connectivity index (χ1) is 10.3. The molecule has 0 spiro atoms. The first-order valence-electron chi connectivity index (χ1n) is 7.29. The zero-order valence-electron chi connectivity index (χ0n) is 13.5. The molecule has 0 aromatic heterocycles. The lowest BCUT2D eigenvalue weighted by Crippen LogP contribution is -1.92. The largest absolute Gasteiger partial charge is 0.508 e. The molecular formula is C19H22O3. The van der Waals surface area contributed by atoms with Crippen molar-refractivity contribution in [2.24, 2.45) is 0 Å². The Morgan fingerprint density at radius 1 is 1.00 bits per heavy atom. The van der Waals surface area contributed by atoms with Crippen molar-refractivity contribution >= 4 is 0 Å². The van der Waals surface area contributed by atoms with E-state index in [1.807, 2.05) is 39.8 Å². The van der Waals surface area contributed by atoms with Crippen LogP contribution in [0.2, 0.25) is 0 Å². The first kappa shape index (κ1) is 16.0. The molecule has 0 saturated heterocycles. The van der Waals surface area contributed by atoms with E-state index in [-0.39, 0.29) is 11.5 Å². The molecule has 2 rings (SSSR count). The zero-order valence-corrected chi connectivity index (χ0v) is 13.5. The predicted molar refractivity (Wildman–Crippen MR) is 88.9 cm³/mol. The highest BCUT2D eigenvalue weighted by Gasteiger charge is 2.09. The Morgan fingerprint density at radius 3 is 2.27 bits per heavy atom. The van der Waals surface area contributed by atoms with Gasteiger partial charge in [0.05, 0.1) is 0 Å². The van der Waals surface area contributed by atoms with Crippen molar-refractivity contribution in [3.05, 3.63) is 58.7 Å². The second kappa shape index (κ2) is 6.56. The van der Waals surface area contributed by atoms with Crippen LogP contribution < -0.4 is 4.74 Å². The van der Waals surface area contributed by atoms with Crippen molar-refractivity contribution in [2.45, 2.75) is 34.1 Å². The van der Waals surface area contributed by atoms with Crippen molar-refractivity contribution < 1.29 is 14.9 Å². The van der Waals surface area contributed by atoms with Crippen LogP contribution in [0.3, 0.4) is 0 Å². The van der Waals surface area contributed by atoms with Crippen molar-refractivity contribution in [3.63, 3.8) is 0 Å². The molecule has 116 valence electrons. The van der Waals surface area contributed by atoms with E-state index in [4.69, 9.17) is 4.74 Å². The number of rotatable bonds is 4. The minimum Gasteiger partial charge on any atom is -0.508 e. The number of hydrogen-bond acceptors (Lipinski definition) is 3. The van der Waals surface area contributed by atoms with Crippen LogP contribution in [0.1, 0.15) is 30.5 Å². The Labute approximate surface area is 131 Å². The van der Waals surface area contributed by atoms with Crippen LogP contribution >= 0.6 is 0 Å². The number of aromatic hydroxyl groups is 2. The van der Waals surface area contributed by atoms with E-state index < -0.39 is 0 Å². The number of allylic oxidation sites excluding steroid dienone is 2. The standard InChI is InChI=1S/C19H22O3/c1-12(2)5-6-18-14(4)9-17(11-19(18)21)22-16-8-13(3)7-15(20)10-16/h5,7-11,20-21H,6H2,1-4H3. The summed E-state index contributed by atoms with van der Waals surface area (Å²) >= 11 is 0. The van der Waals surface area contributed by atoms with Gasteiger partial charge in [-0.1, -0.05) is 11.6 Å². The molecule has 0 aliphatic rings. The Bertz CT molecular complexity index is 667. The highest BCUT2D eigenvalue weighted by molar-refractivity contribution is 5.48. The predicted octanol–water partition coefficient (Wildman–Crippen LogP) is 5.02. The van der Waals surface area contributed by atoms with E-state index in [2.05, 4.69) is 6.08 Å². The zero-order chi connectivity index (χ0) is 16.3. The van der Waals surface area contributed by atoms with Gasteiger partial charge in [-0.3, -0.25) is 0 Å². The van der Waals surface area contributed by atoms with Crippen LogP contribution in [0.5, 0.6) is 23.0 Å². The molecule has 2 aromatic carbocycles. The summed E-state index contributed by atoms with van der Waals surface area (Å²) in [5, 5.41) is 19.8. The van der Waals surface area contributed by atoms with Gasteiger partial charge in [-0.15, -0.1) is 0 Å². The highest BCUT2D eigenvalue weighted by atomic mass is 16.5. The van der Waals surface area contributed by atoms with Gasteiger partial charge in [0.1, 0.15) is 23.0 Å². The van der Waals surface area contributed by atoms with Crippen LogP contribution in [-0.2, 0) is 6.42 Å². The topological polar surface area (TPSA) is 49.7 Å². The minimum atomic E-state index is 0.163. The van der Waals surface area contributed by atoms with Gasteiger partial charge in [0, 0.05) is 17.7 Å². The van der Waals surface area contributed by atoms with Crippen LogP contribution in [0.25, 0.3) is 0 Å². The maximum atomic E-state index is 10.2. The average molecular weight is 298 g/mol. The number of hydrogen-bond donors (Lipinski definition) is 2. The monoisotopic (exact) mass is 298 g/mol. The normalized spacial score (nSPS) is 10.4. The lowest BCUT2D eigenvalue weighted by Gasteiger charge is -2.12. The molecule has 0 amide bonds. The van der Waals surface area contributed by atoms with Crippen LogP contribution in [0.15, 0.2) is 42.0 Å². The lowest BCUT2D eigenvalue weighted by molar-refractivity contribution is 0.443. The third-order valence-corrected chi connectivity index (χ3v) is 3.41. The first-order valence-corrected chi connectivity index (χ1v) is 7.29. The summed E-state index contributed by atoms with van der Waals surface area (Å²) in [5.74, 6) is 1.50. The minimum absolute atomic E-state index is 0.163. The molecule has 0 bridgehead atoms. The van der Waals surface area contributed by atoms with Crippen molar-refractivity contribution in [1.82, 2.24) is 0 Å². The van der Waals surface area contributed by atoms with E-state index in [0.29, 0.717) is 17.9 Å². The summed E-state index contributed by atoms with van der Waals surface area (Å²) in [6.45, 7) is 7.91. The smallest absolute Gasteiger partial charge is 0.131 e. The molecule has 0 radical (unpaired) electrons. The number of phenolic OH excluding ortho intramolecular Hbond substituents is 2. The van der Waals surface area contributed by atoms with Crippen LogP contribution in [-0.4, -0.2) is 10.2 Å². The summed E-state index contributed by atoms with van der Waals surface area (Å²) in [6.07, 6.45) is 2.78. The van der Waals surface area contributed by atoms with Crippen molar-refractivity contribution in [1.29, 1.82) is 0 Å². The fourth-order valence-corrected chi connectivity index (χ4v) is 2.32. The third kappa shape index (κ3) is 4.04. The van der Waals surface area contributed by atoms with Gasteiger partial charge in [-0.2, -0.15) is 0 Å². The van der Waals surface area contributed by atoms with Gasteiger partial charge in [0.25, 0.3) is 0 Å². The van der Waals surface area contributed by atoms with Gasteiger partial charge in [-0.25, -0.2) is 0 Å². The lowest BCUT2D eigenvalue weighted by atomic mass is 10.0. The van der Waals surface area contributed by atoms with Gasteiger partial charge in [0.15, 0.2) is 0 Å². The molecule has 2 aromatic rings. The molecule has 2 N–H and O–H groups in total. The molecule has 0 aliphatic heterocycles. The maximum Gasteiger partial charge on any atom is 0.131 e. The molecule has 0 fully saturated rings. The summed E-state index contributed by atoms with van der Waals surface area (Å²) in [4.78, 5) is 0. The second-order valence-corrected chi connectivity index (χ2v) is 5.83. The maximum absolute atomic E-state index is 10.2. The molecule has 0 saturated carbocycles. The van der Waals surface area contributed by atoms with Gasteiger partial charge >= 0.3 is 0 Å².